The van der Waals surface area contributed by atoms with E-state index in [0.717, 1.165) is 32.1 Å². The van der Waals surface area contributed by atoms with Crippen LogP contribution in [0.1, 0.15) is 93.4 Å². The van der Waals surface area contributed by atoms with Gasteiger partial charge in [0, 0.05) is 31.0 Å². The monoisotopic (exact) mass is 662 g/mol. The molecule has 0 amide bonds. The van der Waals surface area contributed by atoms with Gasteiger partial charge in [0.2, 0.25) is 0 Å². The fraction of sp³-hybridized carbons (Fsp3) is 0.895. The van der Waals surface area contributed by atoms with E-state index < -0.39 is 48.3 Å². The SMILES string of the molecule is CO[C@@H]1O[C@]23C=C[C@@H]4C1(CC[C@]1(C)[C@@H]([C@H](C)C/C=C/C(C)(C)OC)CC[C@@]41C)[C@@H]2CC[C@H](O[C@@H]1O[C@H](CO)[C@@H](O)[C@@H](O)[C@H]1O)C3(C)C. The molecule has 268 valence electrons. The van der Waals surface area contributed by atoms with E-state index in [4.69, 9.17) is 23.7 Å². The van der Waals surface area contributed by atoms with Crippen molar-refractivity contribution in [2.45, 2.75) is 148 Å². The molecule has 6 aliphatic rings. The Bertz CT molecular complexity index is 1220. The van der Waals surface area contributed by atoms with E-state index in [9.17, 15) is 20.4 Å². The van der Waals surface area contributed by atoms with Crippen molar-refractivity contribution in [3.05, 3.63) is 24.3 Å². The van der Waals surface area contributed by atoms with Crippen molar-refractivity contribution in [1.82, 2.24) is 0 Å². The van der Waals surface area contributed by atoms with Crippen LogP contribution in [0, 0.1) is 45.3 Å². The number of allylic oxidation sites excluding steroid dienone is 2. The van der Waals surface area contributed by atoms with Crippen LogP contribution < -0.4 is 0 Å². The van der Waals surface area contributed by atoms with Gasteiger partial charge < -0.3 is 44.1 Å². The van der Waals surface area contributed by atoms with Crippen molar-refractivity contribution in [2.75, 3.05) is 20.8 Å². The highest BCUT2D eigenvalue weighted by Gasteiger charge is 2.78. The molecule has 2 saturated heterocycles. The van der Waals surface area contributed by atoms with E-state index >= 15 is 0 Å². The van der Waals surface area contributed by atoms with Crippen LogP contribution in [0.4, 0.5) is 0 Å². The van der Waals surface area contributed by atoms with Gasteiger partial charge in [0.25, 0.3) is 0 Å². The number of aliphatic hydroxyl groups is 4. The number of ether oxygens (including phenoxy) is 5. The highest BCUT2D eigenvalue weighted by atomic mass is 16.7. The van der Waals surface area contributed by atoms with Gasteiger partial charge in [0.15, 0.2) is 12.6 Å². The molecule has 4 N–H and O–H groups in total. The highest BCUT2D eigenvalue weighted by Crippen LogP contribution is 2.79. The van der Waals surface area contributed by atoms with Crippen LogP contribution in [-0.2, 0) is 23.7 Å². The molecule has 2 bridgehead atoms. The summed E-state index contributed by atoms with van der Waals surface area (Å²) in [5.41, 5.74) is -1.31. The second-order valence-electron chi connectivity index (χ2n) is 17.5. The predicted molar refractivity (Wildman–Crippen MR) is 177 cm³/mol. The van der Waals surface area contributed by atoms with Crippen molar-refractivity contribution >= 4 is 0 Å². The lowest BCUT2D eigenvalue weighted by molar-refractivity contribution is -0.331. The summed E-state index contributed by atoms with van der Waals surface area (Å²) in [6.45, 7) is 15.6. The van der Waals surface area contributed by atoms with Crippen molar-refractivity contribution in [1.29, 1.82) is 0 Å². The van der Waals surface area contributed by atoms with E-state index in [1.807, 2.05) is 0 Å². The van der Waals surface area contributed by atoms with Crippen molar-refractivity contribution in [3.63, 3.8) is 0 Å². The van der Waals surface area contributed by atoms with Crippen LogP contribution in [0.25, 0.3) is 0 Å². The Morgan fingerprint density at radius 3 is 2.34 bits per heavy atom. The summed E-state index contributed by atoms with van der Waals surface area (Å²) in [6.07, 6.45) is 9.34. The Labute approximate surface area is 282 Å². The summed E-state index contributed by atoms with van der Waals surface area (Å²) in [5, 5.41) is 41.3. The summed E-state index contributed by atoms with van der Waals surface area (Å²) in [4.78, 5) is 0. The minimum atomic E-state index is -1.48. The van der Waals surface area contributed by atoms with Gasteiger partial charge in [-0.2, -0.15) is 0 Å². The summed E-state index contributed by atoms with van der Waals surface area (Å²) >= 11 is 0. The van der Waals surface area contributed by atoms with Crippen molar-refractivity contribution in [3.8, 4) is 0 Å². The maximum Gasteiger partial charge on any atom is 0.186 e. The molecule has 4 aliphatic carbocycles. The fourth-order valence-electron chi connectivity index (χ4n) is 11.9. The van der Waals surface area contributed by atoms with Gasteiger partial charge in [-0.05, 0) is 87.4 Å². The zero-order chi connectivity index (χ0) is 34.4. The first kappa shape index (κ1) is 35.9. The molecular formula is C38H62O9. The average molecular weight is 663 g/mol. The second kappa shape index (κ2) is 12.1. The lowest BCUT2D eigenvalue weighted by Gasteiger charge is -2.65. The minimum absolute atomic E-state index is 0.0979. The second-order valence-corrected chi connectivity index (χ2v) is 17.5. The van der Waals surface area contributed by atoms with Crippen molar-refractivity contribution < 1.29 is 44.1 Å². The fourth-order valence-corrected chi connectivity index (χ4v) is 11.9. The summed E-state index contributed by atoms with van der Waals surface area (Å²) in [7, 11) is 3.56. The largest absolute Gasteiger partial charge is 0.394 e. The summed E-state index contributed by atoms with van der Waals surface area (Å²) in [5.74, 6) is 1.75. The Morgan fingerprint density at radius 1 is 0.957 bits per heavy atom. The Morgan fingerprint density at radius 2 is 1.68 bits per heavy atom. The zero-order valence-corrected chi connectivity index (χ0v) is 30.1. The Hall–Kier alpha value is -0.880. The first-order chi connectivity index (χ1) is 22.0. The third kappa shape index (κ3) is 4.95. The molecule has 6 rings (SSSR count). The molecule has 0 radical (unpaired) electrons. The smallest absolute Gasteiger partial charge is 0.186 e. The minimum Gasteiger partial charge on any atom is -0.394 e. The molecule has 9 heteroatoms. The standard InChI is InChI=1S/C38H62O9/c1-22(11-10-16-33(2,3)44-9)23-14-17-36(7)25-15-18-38-26(37(25,32(43-8)47-38)20-19-35(23,36)6)12-13-27(34(38,4)5)46-31-30(42)29(41)28(40)24(21-39)45-31/h10,15-16,18,22-32,39-42H,11-14,17,19-21H2,1-9H3/b16-10+/t22-,23-,24-,25+,26+,27+,28-,29-,30-,31+,32-,35-,36+,37?,38-/m1/s1. The molecule has 47 heavy (non-hydrogen) atoms. The normalized spacial score (nSPS) is 51.1. The first-order valence-electron chi connectivity index (χ1n) is 18.1. The molecular weight excluding hydrogens is 600 g/mol. The lowest BCUT2D eigenvalue weighted by atomic mass is 9.38. The van der Waals surface area contributed by atoms with E-state index in [1.54, 1.807) is 14.2 Å². The van der Waals surface area contributed by atoms with Gasteiger partial charge in [-0.15, -0.1) is 0 Å². The lowest BCUT2D eigenvalue weighted by Crippen LogP contribution is -2.66. The van der Waals surface area contributed by atoms with Gasteiger partial charge in [-0.3, -0.25) is 0 Å². The van der Waals surface area contributed by atoms with Crippen LogP contribution in [0.2, 0.25) is 0 Å². The molecule has 15 atom stereocenters. The highest BCUT2D eigenvalue weighted by molar-refractivity contribution is 5.34. The molecule has 2 aliphatic heterocycles. The van der Waals surface area contributed by atoms with Crippen LogP contribution in [0.5, 0.6) is 0 Å². The quantitative estimate of drug-likeness (QED) is 0.259. The maximum absolute atomic E-state index is 10.8. The molecule has 0 aromatic carbocycles. The Kier molecular flexibility index (Phi) is 9.27. The third-order valence-corrected chi connectivity index (χ3v) is 15.0. The van der Waals surface area contributed by atoms with Crippen LogP contribution >= 0.6 is 0 Å². The molecule has 0 aromatic heterocycles. The predicted octanol–water partition coefficient (Wildman–Crippen LogP) is 4.75. The van der Waals surface area contributed by atoms with E-state index in [2.05, 4.69) is 72.8 Å². The molecule has 1 spiro atoms. The molecule has 5 fully saturated rings. The average Bonchev–Trinajstić information content (AvgIpc) is 3.41. The maximum atomic E-state index is 10.8. The molecule has 0 aromatic rings. The first-order valence-corrected chi connectivity index (χ1v) is 18.1. The van der Waals surface area contributed by atoms with Gasteiger partial charge >= 0.3 is 0 Å². The molecule has 2 heterocycles. The zero-order valence-electron chi connectivity index (χ0n) is 30.1. The number of rotatable bonds is 9. The number of hydrogen-bond donors (Lipinski definition) is 4. The number of aliphatic hydroxyl groups excluding tert-OH is 4. The molecule has 3 saturated carbocycles. The van der Waals surface area contributed by atoms with Crippen LogP contribution in [0.3, 0.4) is 0 Å². The molecule has 9 nitrogen and oxygen atoms in total. The van der Waals surface area contributed by atoms with Crippen LogP contribution in [-0.4, -0.2) is 95.6 Å². The van der Waals surface area contributed by atoms with Gasteiger partial charge in [-0.25, -0.2) is 0 Å². The summed E-state index contributed by atoms with van der Waals surface area (Å²) < 4.78 is 31.4. The van der Waals surface area contributed by atoms with Crippen LogP contribution in [0.15, 0.2) is 24.3 Å². The van der Waals surface area contributed by atoms with E-state index in [0.29, 0.717) is 17.8 Å². The van der Waals surface area contributed by atoms with Crippen molar-refractivity contribution in [2.24, 2.45) is 45.3 Å². The summed E-state index contributed by atoms with van der Waals surface area (Å²) in [6, 6.07) is 0. The van der Waals surface area contributed by atoms with E-state index in [1.165, 1.54) is 12.8 Å². The van der Waals surface area contributed by atoms with Gasteiger partial charge in [0.05, 0.1) is 18.3 Å². The Balaban J connectivity index is 1.29. The third-order valence-electron chi connectivity index (χ3n) is 15.0. The molecule has 1 unspecified atom stereocenters. The number of methoxy groups -OCH3 is 2. The van der Waals surface area contributed by atoms with Gasteiger partial charge in [-0.1, -0.05) is 58.9 Å². The number of hydrogen-bond acceptors (Lipinski definition) is 9. The van der Waals surface area contributed by atoms with E-state index in [-0.39, 0.29) is 40.2 Å². The topological polar surface area (TPSA) is 127 Å². The van der Waals surface area contributed by atoms with Gasteiger partial charge in [0.1, 0.15) is 30.0 Å². The number of fused-ring (bicyclic) bond motifs is 2.